The van der Waals surface area contributed by atoms with Gasteiger partial charge in [0.25, 0.3) is 0 Å². The van der Waals surface area contributed by atoms with E-state index in [2.05, 4.69) is 21.0 Å². The quantitative estimate of drug-likeness (QED) is 0.804. The number of rotatable bonds is 4. The van der Waals surface area contributed by atoms with Crippen LogP contribution in [0.5, 0.6) is 0 Å². The fourth-order valence-electron chi connectivity index (χ4n) is 2.33. The zero-order valence-corrected chi connectivity index (χ0v) is 11.1. The van der Waals surface area contributed by atoms with Crippen LogP contribution in [0, 0.1) is 25.2 Å². The maximum atomic E-state index is 8.58. The van der Waals surface area contributed by atoms with Crippen LogP contribution in [0.15, 0.2) is 4.52 Å². The Morgan fingerprint density at radius 1 is 1.22 bits per heavy atom. The van der Waals surface area contributed by atoms with E-state index in [9.17, 15) is 0 Å². The van der Waals surface area contributed by atoms with Gasteiger partial charge >= 0.3 is 0 Å². The molecule has 2 heterocycles. The summed E-state index contributed by atoms with van der Waals surface area (Å²) in [6.45, 7) is 9.98. The minimum atomic E-state index is 0.629. The summed E-state index contributed by atoms with van der Waals surface area (Å²) < 4.78 is 5.19. The summed E-state index contributed by atoms with van der Waals surface area (Å²) in [4.78, 5) is 4.78. The summed E-state index contributed by atoms with van der Waals surface area (Å²) in [5.41, 5.74) is 2.22. The molecule has 0 aromatic carbocycles. The Kier molecular flexibility index (Phi) is 4.34. The fraction of sp³-hybridized carbons (Fsp3) is 0.692. The van der Waals surface area contributed by atoms with Gasteiger partial charge in [-0.2, -0.15) is 5.26 Å². The molecule has 1 aliphatic heterocycles. The van der Waals surface area contributed by atoms with Crippen LogP contribution in [0.1, 0.15) is 23.4 Å². The fourth-order valence-corrected chi connectivity index (χ4v) is 2.33. The van der Waals surface area contributed by atoms with Crippen molar-refractivity contribution in [1.82, 2.24) is 15.0 Å². The third-order valence-electron chi connectivity index (χ3n) is 3.57. The first kappa shape index (κ1) is 13.1. The maximum absolute atomic E-state index is 8.58. The molecule has 0 bridgehead atoms. The minimum absolute atomic E-state index is 0.629. The van der Waals surface area contributed by atoms with Crippen molar-refractivity contribution in [2.75, 3.05) is 32.7 Å². The highest BCUT2D eigenvalue weighted by Gasteiger charge is 2.19. The standard InChI is InChI=1S/C13H20N4O/c1-11-13(12(2)18-15-11)10-17-8-6-16(7-9-17)5-3-4-14/h3,5-10H2,1-2H3. The molecule has 0 aliphatic carbocycles. The average Bonchev–Trinajstić information content (AvgIpc) is 2.70. The monoisotopic (exact) mass is 248 g/mol. The Labute approximate surface area is 108 Å². The van der Waals surface area contributed by atoms with Crippen LogP contribution in [0.2, 0.25) is 0 Å². The van der Waals surface area contributed by atoms with E-state index >= 15 is 0 Å². The molecule has 0 atom stereocenters. The van der Waals surface area contributed by atoms with Crippen molar-refractivity contribution in [1.29, 1.82) is 5.26 Å². The normalized spacial score (nSPS) is 17.8. The molecular weight excluding hydrogens is 228 g/mol. The van der Waals surface area contributed by atoms with Gasteiger partial charge in [0.05, 0.1) is 11.8 Å². The summed E-state index contributed by atoms with van der Waals surface area (Å²) >= 11 is 0. The van der Waals surface area contributed by atoms with Crippen LogP contribution >= 0.6 is 0 Å². The van der Waals surface area contributed by atoms with Gasteiger partial charge in [-0.25, -0.2) is 0 Å². The third kappa shape index (κ3) is 3.09. The number of aryl methyl sites for hydroxylation is 2. The summed E-state index contributed by atoms with van der Waals surface area (Å²) in [6.07, 6.45) is 0.629. The molecule has 1 aliphatic rings. The van der Waals surface area contributed by atoms with Gasteiger partial charge in [-0.05, 0) is 13.8 Å². The molecule has 0 N–H and O–H groups in total. The Morgan fingerprint density at radius 3 is 2.44 bits per heavy atom. The molecule has 5 nitrogen and oxygen atoms in total. The van der Waals surface area contributed by atoms with Crippen molar-refractivity contribution in [3.05, 3.63) is 17.0 Å². The second-order valence-electron chi connectivity index (χ2n) is 4.83. The number of hydrogen-bond donors (Lipinski definition) is 0. The molecule has 98 valence electrons. The average molecular weight is 248 g/mol. The summed E-state index contributed by atoms with van der Waals surface area (Å²) in [7, 11) is 0. The summed E-state index contributed by atoms with van der Waals surface area (Å²) in [5, 5.41) is 12.6. The molecule has 0 radical (unpaired) electrons. The number of nitrogens with zero attached hydrogens (tertiary/aromatic N) is 4. The van der Waals surface area contributed by atoms with Crippen molar-refractivity contribution in [3.8, 4) is 6.07 Å². The van der Waals surface area contributed by atoms with Gasteiger partial charge in [0, 0.05) is 51.3 Å². The lowest BCUT2D eigenvalue weighted by molar-refractivity contribution is 0.128. The van der Waals surface area contributed by atoms with E-state index in [4.69, 9.17) is 9.78 Å². The van der Waals surface area contributed by atoms with Gasteiger partial charge in [-0.1, -0.05) is 5.16 Å². The zero-order valence-electron chi connectivity index (χ0n) is 11.1. The first-order chi connectivity index (χ1) is 8.70. The number of hydrogen-bond acceptors (Lipinski definition) is 5. The van der Waals surface area contributed by atoms with E-state index < -0.39 is 0 Å². The molecule has 0 saturated carbocycles. The Bertz CT molecular complexity index is 407. The third-order valence-corrected chi connectivity index (χ3v) is 3.57. The molecular formula is C13H20N4O. The highest BCUT2D eigenvalue weighted by Crippen LogP contribution is 2.16. The van der Waals surface area contributed by atoms with Crippen LogP contribution in [0.3, 0.4) is 0 Å². The van der Waals surface area contributed by atoms with Crippen LogP contribution in [0.25, 0.3) is 0 Å². The summed E-state index contributed by atoms with van der Waals surface area (Å²) in [6, 6.07) is 2.20. The maximum Gasteiger partial charge on any atom is 0.138 e. The van der Waals surface area contributed by atoms with Crippen molar-refractivity contribution < 1.29 is 4.52 Å². The molecule has 1 fully saturated rings. The lowest BCUT2D eigenvalue weighted by Gasteiger charge is -2.34. The van der Waals surface area contributed by atoms with Gasteiger partial charge in [0.15, 0.2) is 0 Å². The van der Waals surface area contributed by atoms with Crippen molar-refractivity contribution in [2.45, 2.75) is 26.8 Å². The second kappa shape index (κ2) is 5.98. The van der Waals surface area contributed by atoms with E-state index in [1.807, 2.05) is 13.8 Å². The van der Waals surface area contributed by atoms with E-state index in [-0.39, 0.29) is 0 Å². The first-order valence-electron chi connectivity index (χ1n) is 6.44. The molecule has 5 heteroatoms. The van der Waals surface area contributed by atoms with Crippen LogP contribution in [-0.2, 0) is 6.54 Å². The molecule has 2 rings (SSSR count). The molecule has 1 saturated heterocycles. The molecule has 1 aromatic rings. The smallest absolute Gasteiger partial charge is 0.138 e. The van der Waals surface area contributed by atoms with Crippen molar-refractivity contribution in [3.63, 3.8) is 0 Å². The lowest BCUT2D eigenvalue weighted by Crippen LogP contribution is -2.46. The van der Waals surface area contributed by atoms with Crippen molar-refractivity contribution in [2.24, 2.45) is 0 Å². The van der Waals surface area contributed by atoms with Crippen LogP contribution < -0.4 is 0 Å². The highest BCUT2D eigenvalue weighted by atomic mass is 16.5. The molecule has 1 aromatic heterocycles. The Balaban J connectivity index is 1.82. The predicted molar refractivity (Wildman–Crippen MR) is 67.9 cm³/mol. The minimum Gasteiger partial charge on any atom is -0.361 e. The van der Waals surface area contributed by atoms with Gasteiger partial charge in [0.1, 0.15) is 5.76 Å². The van der Waals surface area contributed by atoms with Crippen LogP contribution in [0.4, 0.5) is 0 Å². The van der Waals surface area contributed by atoms with E-state index in [1.54, 1.807) is 0 Å². The van der Waals surface area contributed by atoms with Gasteiger partial charge < -0.3 is 4.52 Å². The lowest BCUT2D eigenvalue weighted by atomic mass is 10.2. The summed E-state index contributed by atoms with van der Waals surface area (Å²) in [5.74, 6) is 0.930. The topological polar surface area (TPSA) is 56.3 Å². The number of nitriles is 1. The molecule has 0 amide bonds. The Hall–Kier alpha value is -1.38. The Morgan fingerprint density at radius 2 is 1.89 bits per heavy atom. The van der Waals surface area contributed by atoms with Crippen LogP contribution in [-0.4, -0.2) is 47.7 Å². The first-order valence-corrected chi connectivity index (χ1v) is 6.44. The highest BCUT2D eigenvalue weighted by molar-refractivity contribution is 5.20. The number of piperazine rings is 1. The predicted octanol–water partition coefficient (Wildman–Crippen LogP) is 1.32. The number of aromatic nitrogens is 1. The van der Waals surface area contributed by atoms with E-state index in [0.717, 1.165) is 50.7 Å². The SMILES string of the molecule is Cc1noc(C)c1CN1CCN(CCC#N)CC1. The zero-order chi connectivity index (χ0) is 13.0. The van der Waals surface area contributed by atoms with Gasteiger partial charge in [-0.15, -0.1) is 0 Å². The largest absolute Gasteiger partial charge is 0.361 e. The molecule has 0 spiro atoms. The van der Waals surface area contributed by atoms with E-state index in [0.29, 0.717) is 6.42 Å². The van der Waals surface area contributed by atoms with Gasteiger partial charge in [0.2, 0.25) is 0 Å². The van der Waals surface area contributed by atoms with E-state index in [1.165, 1.54) is 5.56 Å². The van der Waals surface area contributed by atoms with Gasteiger partial charge in [-0.3, -0.25) is 9.80 Å². The molecule has 0 unspecified atom stereocenters. The van der Waals surface area contributed by atoms with Crippen molar-refractivity contribution >= 4 is 0 Å². The molecule has 18 heavy (non-hydrogen) atoms. The second-order valence-corrected chi connectivity index (χ2v) is 4.83.